The van der Waals surface area contributed by atoms with Crippen molar-refractivity contribution >= 4 is 5.97 Å². The smallest absolute Gasteiger partial charge is 0.305 e. The highest BCUT2D eigenvalue weighted by molar-refractivity contribution is 5.68. The van der Waals surface area contributed by atoms with Crippen LogP contribution in [0.25, 0.3) is 0 Å². The second-order valence-electron chi connectivity index (χ2n) is 3.85. The molecule has 1 aromatic carbocycles. The molecule has 0 bridgehead atoms. The maximum atomic E-state index is 10.9. The minimum absolute atomic E-state index is 0.0195. The molecule has 0 heterocycles. The second-order valence-corrected chi connectivity index (χ2v) is 3.85. The van der Waals surface area contributed by atoms with Gasteiger partial charge in [-0.2, -0.15) is 0 Å². The number of hydrogen-bond acceptors (Lipinski definition) is 3. The number of rotatable bonds is 5. The summed E-state index contributed by atoms with van der Waals surface area (Å²) in [5.41, 5.74) is 0.866. The lowest BCUT2D eigenvalue weighted by Gasteiger charge is -2.26. The van der Waals surface area contributed by atoms with E-state index in [1.807, 2.05) is 31.1 Å². The first-order valence-corrected chi connectivity index (χ1v) is 5.40. The van der Waals surface area contributed by atoms with Crippen molar-refractivity contribution in [1.82, 2.24) is 4.90 Å². The van der Waals surface area contributed by atoms with Crippen LogP contribution in [0.3, 0.4) is 0 Å². The Morgan fingerprint density at radius 1 is 1.41 bits per heavy atom. The molecule has 1 atom stereocenters. The number of aromatic hydroxyl groups is 1. The van der Waals surface area contributed by atoms with E-state index in [2.05, 4.69) is 0 Å². The molecule has 0 aliphatic heterocycles. The first-order valence-electron chi connectivity index (χ1n) is 5.40. The maximum absolute atomic E-state index is 10.9. The Balaban J connectivity index is 2.96. The first kappa shape index (κ1) is 13.1. The van der Waals surface area contributed by atoms with Gasteiger partial charge < -0.3 is 15.1 Å². The van der Waals surface area contributed by atoms with Gasteiger partial charge in [-0.3, -0.25) is 4.79 Å². The number of carboxylic acids is 1. The molecular weight excluding hydrogens is 218 g/mol. The molecular formula is C13H17NO3. The number of aliphatic carboxylic acids is 1. The summed E-state index contributed by atoms with van der Waals surface area (Å²) in [6.07, 6.45) is 3.71. The fourth-order valence-electron chi connectivity index (χ4n) is 1.70. The molecule has 2 N–H and O–H groups in total. The number of carbonyl (C=O) groups is 1. The standard InChI is InChI=1S/C13H17NO3/c1-3-8-14(2)12(9-13(16)17)10-4-6-11(15)7-5-10/h3-8,12,15H,9H2,1-2H3,(H,16,17)/b8-3-. The molecule has 4 heteroatoms. The summed E-state index contributed by atoms with van der Waals surface area (Å²) < 4.78 is 0. The van der Waals surface area contributed by atoms with Crippen molar-refractivity contribution in [2.75, 3.05) is 7.05 Å². The summed E-state index contributed by atoms with van der Waals surface area (Å²) in [6.45, 7) is 1.88. The number of carboxylic acid groups (broad SMARTS) is 1. The van der Waals surface area contributed by atoms with E-state index in [1.165, 1.54) is 0 Å². The van der Waals surface area contributed by atoms with Gasteiger partial charge in [-0.25, -0.2) is 0 Å². The third-order valence-corrected chi connectivity index (χ3v) is 2.52. The summed E-state index contributed by atoms with van der Waals surface area (Å²) in [5, 5.41) is 18.1. The van der Waals surface area contributed by atoms with E-state index in [0.717, 1.165) is 5.56 Å². The van der Waals surface area contributed by atoms with Crippen LogP contribution in [0, 0.1) is 0 Å². The zero-order valence-corrected chi connectivity index (χ0v) is 10.00. The lowest BCUT2D eigenvalue weighted by Crippen LogP contribution is -2.21. The zero-order chi connectivity index (χ0) is 12.8. The summed E-state index contributed by atoms with van der Waals surface area (Å²) in [5.74, 6) is -0.670. The van der Waals surface area contributed by atoms with Crippen LogP contribution in [0.2, 0.25) is 0 Å². The van der Waals surface area contributed by atoms with E-state index in [4.69, 9.17) is 5.11 Å². The predicted octanol–water partition coefficient (Wildman–Crippen LogP) is 2.37. The lowest BCUT2D eigenvalue weighted by molar-refractivity contribution is -0.138. The van der Waals surface area contributed by atoms with Gasteiger partial charge in [0.25, 0.3) is 0 Å². The van der Waals surface area contributed by atoms with Crippen LogP contribution in [-0.4, -0.2) is 28.1 Å². The number of phenols is 1. The SMILES string of the molecule is C/C=C\N(C)C(CC(=O)O)c1ccc(O)cc1. The monoisotopic (exact) mass is 235 g/mol. The van der Waals surface area contributed by atoms with Gasteiger partial charge >= 0.3 is 5.97 Å². The van der Waals surface area contributed by atoms with E-state index >= 15 is 0 Å². The second kappa shape index (κ2) is 5.94. The van der Waals surface area contributed by atoms with Crippen LogP contribution in [0.1, 0.15) is 24.9 Å². The molecule has 0 aromatic heterocycles. The summed E-state index contributed by atoms with van der Waals surface area (Å²) in [4.78, 5) is 12.7. The van der Waals surface area contributed by atoms with Crippen molar-refractivity contribution in [3.05, 3.63) is 42.1 Å². The number of phenolic OH excluding ortho intramolecular Hbond substituents is 1. The molecule has 0 saturated heterocycles. The molecule has 17 heavy (non-hydrogen) atoms. The molecule has 0 aliphatic rings. The molecule has 92 valence electrons. The molecule has 4 nitrogen and oxygen atoms in total. The van der Waals surface area contributed by atoms with Crippen molar-refractivity contribution in [2.45, 2.75) is 19.4 Å². The van der Waals surface area contributed by atoms with E-state index in [0.29, 0.717) is 0 Å². The highest BCUT2D eigenvalue weighted by atomic mass is 16.4. The fourth-order valence-corrected chi connectivity index (χ4v) is 1.70. The molecule has 0 spiro atoms. The Kier molecular flexibility index (Phi) is 4.57. The number of nitrogens with zero attached hydrogens (tertiary/aromatic N) is 1. The molecule has 1 rings (SSSR count). The average molecular weight is 235 g/mol. The van der Waals surface area contributed by atoms with Crippen molar-refractivity contribution in [2.24, 2.45) is 0 Å². The highest BCUT2D eigenvalue weighted by Crippen LogP contribution is 2.25. The van der Waals surface area contributed by atoms with Gasteiger partial charge in [-0.1, -0.05) is 18.2 Å². The molecule has 0 fully saturated rings. The summed E-state index contributed by atoms with van der Waals surface area (Å²) in [7, 11) is 1.83. The maximum Gasteiger partial charge on any atom is 0.305 e. The van der Waals surface area contributed by atoms with Crippen LogP contribution < -0.4 is 0 Å². The number of hydrogen-bond donors (Lipinski definition) is 2. The summed E-state index contributed by atoms with van der Waals surface area (Å²) >= 11 is 0. The lowest BCUT2D eigenvalue weighted by atomic mass is 10.0. The van der Waals surface area contributed by atoms with E-state index in [-0.39, 0.29) is 18.2 Å². The quantitative estimate of drug-likeness (QED) is 0.822. The molecule has 1 aromatic rings. The van der Waals surface area contributed by atoms with Crippen molar-refractivity contribution in [1.29, 1.82) is 0 Å². The predicted molar refractivity (Wildman–Crippen MR) is 65.7 cm³/mol. The van der Waals surface area contributed by atoms with Gasteiger partial charge in [0.2, 0.25) is 0 Å². The molecule has 0 amide bonds. The summed E-state index contributed by atoms with van der Waals surface area (Å²) in [6, 6.07) is 6.37. The average Bonchev–Trinajstić information content (AvgIpc) is 2.27. The van der Waals surface area contributed by atoms with Crippen LogP contribution in [0.15, 0.2) is 36.5 Å². The largest absolute Gasteiger partial charge is 0.508 e. The van der Waals surface area contributed by atoms with E-state index in [9.17, 15) is 9.90 Å². The molecule has 0 aliphatic carbocycles. The number of benzene rings is 1. The topological polar surface area (TPSA) is 60.8 Å². The molecule has 0 radical (unpaired) electrons. The van der Waals surface area contributed by atoms with Crippen LogP contribution in [-0.2, 0) is 4.79 Å². The Labute approximate surface area is 101 Å². The van der Waals surface area contributed by atoms with E-state index in [1.54, 1.807) is 24.3 Å². The number of allylic oxidation sites excluding steroid dienone is 1. The molecule has 0 saturated carbocycles. The van der Waals surface area contributed by atoms with Gasteiger partial charge in [0.1, 0.15) is 5.75 Å². The van der Waals surface area contributed by atoms with E-state index < -0.39 is 5.97 Å². The Bertz CT molecular complexity index is 398. The van der Waals surface area contributed by atoms with Crippen molar-refractivity contribution in [3.63, 3.8) is 0 Å². The normalized spacial score (nSPS) is 12.6. The highest BCUT2D eigenvalue weighted by Gasteiger charge is 2.18. The Morgan fingerprint density at radius 3 is 2.47 bits per heavy atom. The molecule has 1 unspecified atom stereocenters. The van der Waals surface area contributed by atoms with Gasteiger partial charge in [-0.15, -0.1) is 0 Å². The fraction of sp³-hybridized carbons (Fsp3) is 0.308. The third-order valence-electron chi connectivity index (χ3n) is 2.52. The van der Waals surface area contributed by atoms with Crippen molar-refractivity contribution < 1.29 is 15.0 Å². The van der Waals surface area contributed by atoms with Gasteiger partial charge in [0, 0.05) is 7.05 Å². The Morgan fingerprint density at radius 2 is 2.00 bits per heavy atom. The van der Waals surface area contributed by atoms with Gasteiger partial charge in [0.05, 0.1) is 12.5 Å². The Hall–Kier alpha value is -1.97. The minimum atomic E-state index is -0.848. The van der Waals surface area contributed by atoms with Gasteiger partial charge in [0.15, 0.2) is 0 Å². The zero-order valence-electron chi connectivity index (χ0n) is 10.00. The minimum Gasteiger partial charge on any atom is -0.508 e. The van der Waals surface area contributed by atoms with Gasteiger partial charge in [-0.05, 0) is 30.8 Å². The first-order chi connectivity index (χ1) is 8.04. The van der Waals surface area contributed by atoms with Crippen LogP contribution in [0.4, 0.5) is 0 Å². The van der Waals surface area contributed by atoms with Crippen molar-refractivity contribution in [3.8, 4) is 5.75 Å². The van der Waals surface area contributed by atoms with Crippen LogP contribution >= 0.6 is 0 Å². The van der Waals surface area contributed by atoms with Crippen LogP contribution in [0.5, 0.6) is 5.75 Å². The third kappa shape index (κ3) is 3.83.